The van der Waals surface area contributed by atoms with Crippen molar-refractivity contribution in [2.75, 3.05) is 32.8 Å². The molecule has 1 saturated heterocycles. The van der Waals surface area contributed by atoms with Crippen LogP contribution in [0.3, 0.4) is 0 Å². The molecule has 0 saturated carbocycles. The Balaban J connectivity index is 1.65. The zero-order chi connectivity index (χ0) is 14.0. The molecule has 0 bridgehead atoms. The van der Waals surface area contributed by atoms with Gasteiger partial charge in [0.05, 0.1) is 6.61 Å². The van der Waals surface area contributed by atoms with Crippen LogP contribution in [0.5, 0.6) is 5.75 Å². The fourth-order valence-corrected chi connectivity index (χ4v) is 2.64. The predicted molar refractivity (Wildman–Crippen MR) is 84.2 cm³/mol. The highest BCUT2D eigenvalue weighted by Gasteiger charge is 2.10. The maximum atomic E-state index is 5.86. The third-order valence-electron chi connectivity index (χ3n) is 3.74. The van der Waals surface area contributed by atoms with E-state index < -0.39 is 0 Å². The fourth-order valence-electron chi connectivity index (χ4n) is 2.64. The van der Waals surface area contributed by atoms with Crippen LogP contribution in [0.1, 0.15) is 38.2 Å². The number of likely N-dealkylation sites (tertiary alicyclic amines) is 1. The van der Waals surface area contributed by atoms with E-state index in [2.05, 4.69) is 41.4 Å². The zero-order valence-corrected chi connectivity index (χ0v) is 12.7. The maximum Gasteiger partial charge on any atom is 0.119 e. The summed E-state index contributed by atoms with van der Waals surface area (Å²) < 4.78 is 5.86. The molecule has 3 nitrogen and oxygen atoms in total. The van der Waals surface area contributed by atoms with E-state index in [0.717, 1.165) is 31.9 Å². The molecule has 0 spiro atoms. The summed E-state index contributed by atoms with van der Waals surface area (Å²) in [6, 6.07) is 8.44. The summed E-state index contributed by atoms with van der Waals surface area (Å²) in [5, 5.41) is 3.42. The van der Waals surface area contributed by atoms with Crippen molar-refractivity contribution in [2.45, 2.75) is 39.2 Å². The van der Waals surface area contributed by atoms with Gasteiger partial charge in [0, 0.05) is 13.1 Å². The highest BCUT2D eigenvalue weighted by molar-refractivity contribution is 5.28. The molecule has 20 heavy (non-hydrogen) atoms. The second-order valence-electron chi connectivity index (χ2n) is 5.57. The Hall–Kier alpha value is -1.06. The number of hydrogen-bond acceptors (Lipinski definition) is 3. The van der Waals surface area contributed by atoms with Gasteiger partial charge in [0.15, 0.2) is 0 Å². The molecule has 1 fully saturated rings. The van der Waals surface area contributed by atoms with Crippen molar-refractivity contribution >= 4 is 0 Å². The van der Waals surface area contributed by atoms with E-state index in [9.17, 15) is 0 Å². The van der Waals surface area contributed by atoms with Crippen LogP contribution < -0.4 is 10.1 Å². The van der Waals surface area contributed by atoms with E-state index in [1.165, 1.54) is 44.5 Å². The second kappa shape index (κ2) is 8.98. The van der Waals surface area contributed by atoms with Crippen molar-refractivity contribution in [2.24, 2.45) is 0 Å². The molecule has 3 heteroatoms. The normalized spacial score (nSPS) is 15.7. The minimum Gasteiger partial charge on any atom is -0.494 e. The van der Waals surface area contributed by atoms with Gasteiger partial charge in [0.25, 0.3) is 0 Å². The number of ether oxygens (including phenoxy) is 1. The quantitative estimate of drug-likeness (QED) is 0.702. The monoisotopic (exact) mass is 276 g/mol. The number of rotatable bonds is 9. The molecule has 1 aliphatic heterocycles. The number of nitrogens with zero attached hydrogens (tertiary/aromatic N) is 1. The third kappa shape index (κ3) is 5.51. The van der Waals surface area contributed by atoms with E-state index in [1.54, 1.807) is 0 Å². The molecule has 1 aliphatic rings. The second-order valence-corrected chi connectivity index (χ2v) is 5.57. The molecule has 1 aromatic rings. The number of benzene rings is 1. The Bertz CT molecular complexity index is 375. The molecule has 2 rings (SSSR count). The summed E-state index contributed by atoms with van der Waals surface area (Å²) in [6.07, 6.45) is 5.03. The lowest BCUT2D eigenvalue weighted by Gasteiger charge is -2.14. The minimum atomic E-state index is 0.822. The first kappa shape index (κ1) is 15.3. The van der Waals surface area contributed by atoms with E-state index in [-0.39, 0.29) is 0 Å². The summed E-state index contributed by atoms with van der Waals surface area (Å²) in [5.41, 5.74) is 1.30. The van der Waals surface area contributed by atoms with Crippen LogP contribution in [0.2, 0.25) is 0 Å². The molecule has 0 unspecified atom stereocenters. The Kier molecular flexibility index (Phi) is 6.89. The number of hydrogen-bond donors (Lipinski definition) is 1. The lowest BCUT2D eigenvalue weighted by Crippen LogP contribution is -2.21. The Labute approximate surface area is 123 Å². The Morgan fingerprint density at radius 1 is 1.25 bits per heavy atom. The Morgan fingerprint density at radius 3 is 2.90 bits per heavy atom. The fraction of sp³-hybridized carbons (Fsp3) is 0.647. The molecule has 0 aromatic heterocycles. The highest BCUT2D eigenvalue weighted by atomic mass is 16.5. The molecule has 0 amide bonds. The van der Waals surface area contributed by atoms with Crippen LogP contribution >= 0.6 is 0 Å². The smallest absolute Gasteiger partial charge is 0.119 e. The van der Waals surface area contributed by atoms with Crippen molar-refractivity contribution in [1.29, 1.82) is 0 Å². The van der Waals surface area contributed by atoms with E-state index in [4.69, 9.17) is 4.74 Å². The van der Waals surface area contributed by atoms with Crippen LogP contribution in [0.25, 0.3) is 0 Å². The Morgan fingerprint density at radius 2 is 2.10 bits per heavy atom. The summed E-state index contributed by atoms with van der Waals surface area (Å²) in [4.78, 5) is 2.54. The van der Waals surface area contributed by atoms with Crippen LogP contribution in [-0.2, 0) is 6.54 Å². The lowest BCUT2D eigenvalue weighted by molar-refractivity contribution is 0.263. The topological polar surface area (TPSA) is 24.5 Å². The molecule has 1 heterocycles. The summed E-state index contributed by atoms with van der Waals surface area (Å²) in [5.74, 6) is 1.00. The third-order valence-corrected chi connectivity index (χ3v) is 3.74. The first-order valence-electron chi connectivity index (χ1n) is 8.03. The molecule has 1 N–H and O–H groups in total. The van der Waals surface area contributed by atoms with Gasteiger partial charge < -0.3 is 15.0 Å². The maximum absolute atomic E-state index is 5.86. The van der Waals surface area contributed by atoms with Crippen LogP contribution in [-0.4, -0.2) is 37.7 Å². The van der Waals surface area contributed by atoms with E-state index in [1.807, 2.05) is 0 Å². The summed E-state index contributed by atoms with van der Waals surface area (Å²) in [7, 11) is 0. The molecule has 0 aliphatic carbocycles. The molecule has 112 valence electrons. The van der Waals surface area contributed by atoms with Crippen molar-refractivity contribution < 1.29 is 4.74 Å². The molecule has 1 aromatic carbocycles. The highest BCUT2D eigenvalue weighted by Crippen LogP contribution is 2.14. The minimum absolute atomic E-state index is 0.822. The molecule has 0 radical (unpaired) electrons. The SMILES string of the molecule is CCCNCc1cccc(OCCCN2CCCC2)c1. The average molecular weight is 276 g/mol. The largest absolute Gasteiger partial charge is 0.494 e. The van der Waals surface area contributed by atoms with Crippen molar-refractivity contribution in [3.63, 3.8) is 0 Å². The van der Waals surface area contributed by atoms with Gasteiger partial charge in [-0.3, -0.25) is 0 Å². The van der Waals surface area contributed by atoms with E-state index in [0.29, 0.717) is 0 Å². The van der Waals surface area contributed by atoms with Gasteiger partial charge in [-0.05, 0) is 63.0 Å². The standard InChI is InChI=1S/C17H28N2O/c1-2-9-18-15-16-7-5-8-17(14-16)20-13-6-12-19-10-3-4-11-19/h5,7-8,14,18H,2-4,6,9-13,15H2,1H3. The van der Waals surface area contributed by atoms with Gasteiger partial charge in [-0.15, -0.1) is 0 Å². The van der Waals surface area contributed by atoms with Gasteiger partial charge in [-0.2, -0.15) is 0 Å². The van der Waals surface area contributed by atoms with Crippen LogP contribution in [0.4, 0.5) is 0 Å². The summed E-state index contributed by atoms with van der Waals surface area (Å²) in [6.45, 7) is 8.74. The lowest BCUT2D eigenvalue weighted by atomic mass is 10.2. The first-order valence-corrected chi connectivity index (χ1v) is 8.03. The van der Waals surface area contributed by atoms with Gasteiger partial charge in [0.1, 0.15) is 5.75 Å². The molecular formula is C17H28N2O. The van der Waals surface area contributed by atoms with Crippen LogP contribution in [0.15, 0.2) is 24.3 Å². The van der Waals surface area contributed by atoms with Crippen LogP contribution in [0, 0.1) is 0 Å². The first-order chi connectivity index (χ1) is 9.88. The summed E-state index contributed by atoms with van der Waals surface area (Å²) >= 11 is 0. The van der Waals surface area contributed by atoms with Gasteiger partial charge >= 0.3 is 0 Å². The molecule has 0 atom stereocenters. The van der Waals surface area contributed by atoms with Crippen molar-refractivity contribution in [3.05, 3.63) is 29.8 Å². The average Bonchev–Trinajstić information content (AvgIpc) is 2.98. The predicted octanol–water partition coefficient (Wildman–Crippen LogP) is 3.05. The van der Waals surface area contributed by atoms with Crippen molar-refractivity contribution in [3.8, 4) is 5.75 Å². The zero-order valence-electron chi connectivity index (χ0n) is 12.7. The van der Waals surface area contributed by atoms with Gasteiger partial charge in [-0.25, -0.2) is 0 Å². The van der Waals surface area contributed by atoms with Gasteiger partial charge in [0.2, 0.25) is 0 Å². The van der Waals surface area contributed by atoms with E-state index >= 15 is 0 Å². The van der Waals surface area contributed by atoms with Crippen molar-refractivity contribution in [1.82, 2.24) is 10.2 Å². The van der Waals surface area contributed by atoms with Gasteiger partial charge in [-0.1, -0.05) is 19.1 Å². The molecular weight excluding hydrogens is 248 g/mol. The number of nitrogens with one attached hydrogen (secondary N) is 1.